The summed E-state index contributed by atoms with van der Waals surface area (Å²) in [6, 6.07) is 21.0. The van der Waals surface area contributed by atoms with Gasteiger partial charge in [0.05, 0.1) is 0 Å². The van der Waals surface area contributed by atoms with Gasteiger partial charge >= 0.3 is 0 Å². The van der Waals surface area contributed by atoms with Crippen LogP contribution in [0, 0.1) is 0 Å². The lowest BCUT2D eigenvalue weighted by Gasteiger charge is -2.20. The summed E-state index contributed by atoms with van der Waals surface area (Å²) in [5.41, 5.74) is 3.19. The second-order valence-corrected chi connectivity index (χ2v) is 6.26. The van der Waals surface area contributed by atoms with Crippen LogP contribution >= 0.6 is 0 Å². The Morgan fingerprint density at radius 1 is 0.889 bits per heavy atom. The molecule has 1 amide bonds. The fourth-order valence-corrected chi connectivity index (χ4v) is 2.69. The van der Waals surface area contributed by atoms with Gasteiger partial charge in [0.2, 0.25) is 0 Å². The standard InChI is InChI=1S/C21H23N5O/c1-4-26(18-8-6-5-7-9-18)21(27)19-14-15-20(24-23-19)22-16-10-12-17(13-11-16)25(2)3/h5-15H,4H2,1-3H3,(H,22,24). The molecule has 0 bridgehead atoms. The van der Waals surface area contributed by atoms with E-state index in [1.807, 2.05) is 80.5 Å². The lowest BCUT2D eigenvalue weighted by molar-refractivity contribution is 0.0982. The minimum atomic E-state index is -0.168. The molecule has 1 N–H and O–H groups in total. The van der Waals surface area contributed by atoms with Gasteiger partial charge in [-0.1, -0.05) is 18.2 Å². The monoisotopic (exact) mass is 361 g/mol. The van der Waals surface area contributed by atoms with Gasteiger partial charge in [-0.3, -0.25) is 4.79 Å². The van der Waals surface area contributed by atoms with Gasteiger partial charge in [-0.15, -0.1) is 10.2 Å². The Balaban J connectivity index is 1.71. The van der Waals surface area contributed by atoms with Gasteiger partial charge in [0, 0.05) is 37.7 Å². The topological polar surface area (TPSA) is 61.4 Å². The summed E-state index contributed by atoms with van der Waals surface area (Å²) in [7, 11) is 4.00. The van der Waals surface area contributed by atoms with Crippen molar-refractivity contribution >= 4 is 28.8 Å². The summed E-state index contributed by atoms with van der Waals surface area (Å²) < 4.78 is 0. The lowest BCUT2D eigenvalue weighted by atomic mass is 10.2. The van der Waals surface area contributed by atoms with Gasteiger partial charge in [-0.05, 0) is 55.5 Å². The van der Waals surface area contributed by atoms with Crippen molar-refractivity contribution in [1.29, 1.82) is 0 Å². The molecule has 6 heteroatoms. The maximum absolute atomic E-state index is 12.7. The SMILES string of the molecule is CCN(C(=O)c1ccc(Nc2ccc(N(C)C)cc2)nn1)c1ccccc1. The molecule has 0 radical (unpaired) electrons. The van der Waals surface area contributed by atoms with Gasteiger partial charge < -0.3 is 15.1 Å². The van der Waals surface area contributed by atoms with Crippen LogP contribution in [0.25, 0.3) is 0 Å². The third-order valence-corrected chi connectivity index (χ3v) is 4.17. The summed E-state index contributed by atoms with van der Waals surface area (Å²) in [6.07, 6.45) is 0. The summed E-state index contributed by atoms with van der Waals surface area (Å²) >= 11 is 0. The fraction of sp³-hybridized carbons (Fsp3) is 0.190. The smallest absolute Gasteiger partial charge is 0.278 e. The molecule has 0 aliphatic carbocycles. The number of carbonyl (C=O) groups is 1. The zero-order valence-electron chi connectivity index (χ0n) is 15.8. The Labute approximate surface area is 159 Å². The molecule has 0 fully saturated rings. The number of anilines is 4. The van der Waals surface area contributed by atoms with Crippen molar-refractivity contribution < 1.29 is 4.79 Å². The zero-order valence-corrected chi connectivity index (χ0v) is 15.8. The molecule has 27 heavy (non-hydrogen) atoms. The average Bonchev–Trinajstić information content (AvgIpc) is 2.70. The highest BCUT2D eigenvalue weighted by molar-refractivity contribution is 6.04. The number of nitrogens with one attached hydrogen (secondary N) is 1. The van der Waals surface area contributed by atoms with E-state index in [1.54, 1.807) is 17.0 Å². The van der Waals surface area contributed by atoms with E-state index < -0.39 is 0 Å². The van der Waals surface area contributed by atoms with Gasteiger partial charge in [0.1, 0.15) is 0 Å². The van der Waals surface area contributed by atoms with Crippen molar-refractivity contribution in [2.45, 2.75) is 6.92 Å². The number of benzene rings is 2. The van der Waals surface area contributed by atoms with Crippen molar-refractivity contribution in [2.75, 3.05) is 35.8 Å². The second kappa shape index (κ2) is 8.31. The zero-order chi connectivity index (χ0) is 19.2. The Kier molecular flexibility index (Phi) is 5.66. The number of rotatable bonds is 6. The van der Waals surface area contributed by atoms with Crippen LogP contribution in [0.3, 0.4) is 0 Å². The molecule has 0 aliphatic heterocycles. The molecular formula is C21H23N5O. The minimum Gasteiger partial charge on any atom is -0.378 e. The number of aromatic nitrogens is 2. The average molecular weight is 361 g/mol. The highest BCUT2D eigenvalue weighted by Crippen LogP contribution is 2.19. The Morgan fingerprint density at radius 2 is 1.59 bits per heavy atom. The largest absolute Gasteiger partial charge is 0.378 e. The Bertz CT molecular complexity index is 877. The van der Waals surface area contributed by atoms with Crippen LogP contribution in [0.2, 0.25) is 0 Å². The summed E-state index contributed by atoms with van der Waals surface area (Å²) in [5, 5.41) is 11.4. The molecule has 3 aromatic rings. The highest BCUT2D eigenvalue weighted by atomic mass is 16.2. The van der Waals surface area contributed by atoms with Crippen LogP contribution < -0.4 is 15.1 Å². The molecule has 0 aliphatic rings. The molecule has 0 atom stereocenters. The quantitative estimate of drug-likeness (QED) is 0.720. The van der Waals surface area contributed by atoms with Crippen LogP contribution in [0.4, 0.5) is 22.9 Å². The van der Waals surface area contributed by atoms with Crippen LogP contribution in [-0.4, -0.2) is 36.7 Å². The first kappa shape index (κ1) is 18.4. The van der Waals surface area contributed by atoms with Crippen LogP contribution in [0.1, 0.15) is 17.4 Å². The van der Waals surface area contributed by atoms with Gasteiger partial charge in [0.25, 0.3) is 5.91 Å². The van der Waals surface area contributed by atoms with Gasteiger partial charge in [0.15, 0.2) is 11.5 Å². The third-order valence-electron chi connectivity index (χ3n) is 4.17. The van der Waals surface area contributed by atoms with Crippen LogP contribution in [0.5, 0.6) is 0 Å². The maximum atomic E-state index is 12.7. The number of para-hydroxylation sites is 1. The molecule has 1 heterocycles. The second-order valence-electron chi connectivity index (χ2n) is 6.26. The van der Waals surface area contributed by atoms with Crippen LogP contribution in [0.15, 0.2) is 66.7 Å². The number of carbonyl (C=O) groups excluding carboxylic acids is 1. The molecule has 1 aromatic heterocycles. The molecule has 3 rings (SSSR count). The highest BCUT2D eigenvalue weighted by Gasteiger charge is 2.17. The summed E-state index contributed by atoms with van der Waals surface area (Å²) in [4.78, 5) is 16.5. The van der Waals surface area contributed by atoms with Crippen molar-refractivity contribution in [2.24, 2.45) is 0 Å². The van der Waals surface area contributed by atoms with E-state index in [-0.39, 0.29) is 5.91 Å². The number of hydrogen-bond acceptors (Lipinski definition) is 5. The third kappa shape index (κ3) is 4.41. The summed E-state index contributed by atoms with van der Waals surface area (Å²) in [5.74, 6) is 0.421. The first-order valence-corrected chi connectivity index (χ1v) is 8.83. The van der Waals surface area contributed by atoms with E-state index in [0.717, 1.165) is 17.1 Å². The van der Waals surface area contributed by atoms with E-state index >= 15 is 0 Å². The van der Waals surface area contributed by atoms with Crippen molar-refractivity contribution in [3.63, 3.8) is 0 Å². The van der Waals surface area contributed by atoms with Gasteiger partial charge in [-0.25, -0.2) is 0 Å². The molecule has 0 saturated heterocycles. The number of hydrogen-bond donors (Lipinski definition) is 1. The van der Waals surface area contributed by atoms with E-state index in [0.29, 0.717) is 18.1 Å². The molecule has 0 spiro atoms. The number of amides is 1. The molecule has 2 aromatic carbocycles. The van der Waals surface area contributed by atoms with Crippen molar-refractivity contribution in [1.82, 2.24) is 10.2 Å². The Morgan fingerprint density at radius 3 is 2.15 bits per heavy atom. The van der Waals surface area contributed by atoms with E-state index in [4.69, 9.17) is 0 Å². The molecule has 6 nitrogen and oxygen atoms in total. The molecule has 0 saturated carbocycles. The summed E-state index contributed by atoms with van der Waals surface area (Å²) in [6.45, 7) is 2.49. The van der Waals surface area contributed by atoms with Crippen molar-refractivity contribution in [3.05, 3.63) is 72.4 Å². The van der Waals surface area contributed by atoms with E-state index in [1.165, 1.54) is 0 Å². The normalized spacial score (nSPS) is 10.3. The fourth-order valence-electron chi connectivity index (χ4n) is 2.69. The predicted octanol–water partition coefficient (Wildman–Crippen LogP) is 3.95. The van der Waals surface area contributed by atoms with E-state index in [2.05, 4.69) is 15.5 Å². The predicted molar refractivity (Wildman–Crippen MR) is 110 cm³/mol. The maximum Gasteiger partial charge on any atom is 0.278 e. The van der Waals surface area contributed by atoms with Crippen LogP contribution in [-0.2, 0) is 0 Å². The van der Waals surface area contributed by atoms with E-state index in [9.17, 15) is 4.79 Å². The Hall–Kier alpha value is -3.41. The first-order valence-electron chi connectivity index (χ1n) is 8.83. The number of nitrogens with zero attached hydrogens (tertiary/aromatic N) is 4. The minimum absolute atomic E-state index is 0.168. The van der Waals surface area contributed by atoms with Gasteiger partial charge in [-0.2, -0.15) is 0 Å². The molecule has 0 unspecified atom stereocenters. The lowest BCUT2D eigenvalue weighted by Crippen LogP contribution is -2.31. The first-order chi connectivity index (χ1) is 13.1. The molecular weight excluding hydrogens is 338 g/mol. The molecule has 138 valence electrons. The van der Waals surface area contributed by atoms with Crippen molar-refractivity contribution in [3.8, 4) is 0 Å².